The molecular formula is C32H32N2O7. The second-order valence-electron chi connectivity index (χ2n) is 10.3. The predicted octanol–water partition coefficient (Wildman–Crippen LogP) is 4.49. The summed E-state index contributed by atoms with van der Waals surface area (Å²) in [6.45, 7) is 0.255. The fourth-order valence-electron chi connectivity index (χ4n) is 5.60. The van der Waals surface area contributed by atoms with Crippen LogP contribution in [0.2, 0.25) is 0 Å². The van der Waals surface area contributed by atoms with Crippen LogP contribution in [-0.2, 0) is 30.5 Å². The standard InChI is InChI=1S/C32H32N2O7/c35-29(40-19-21-10-2-1-3-11-21)18-27(30(36)34-17-9-8-16-28(34)31(37)38)33-32(39)41-20-26-24-14-6-4-12-22(24)23-13-5-7-15-25(23)26/h1-7,10-15,26-28H,8-9,16-20H2,(H,33,39)(H,37,38)/t27-,28-/m0/s1. The van der Waals surface area contributed by atoms with Gasteiger partial charge in [0.1, 0.15) is 25.3 Å². The first-order valence-electron chi connectivity index (χ1n) is 13.8. The molecule has 1 aliphatic heterocycles. The summed E-state index contributed by atoms with van der Waals surface area (Å²) in [5.74, 6) is -2.65. The second kappa shape index (κ2) is 12.7. The molecule has 0 radical (unpaired) electrons. The SMILES string of the molecule is O=C(C[C@H](NC(=O)OCC1c2ccccc2-c2ccccc21)C(=O)N1CCCC[C@H]1C(=O)O)OCc1ccccc1. The van der Waals surface area contributed by atoms with Gasteiger partial charge in [-0.05, 0) is 47.1 Å². The zero-order valence-electron chi connectivity index (χ0n) is 22.5. The number of carboxylic acids is 1. The van der Waals surface area contributed by atoms with E-state index in [0.717, 1.165) is 27.8 Å². The Balaban J connectivity index is 1.28. The van der Waals surface area contributed by atoms with E-state index in [0.29, 0.717) is 19.3 Å². The van der Waals surface area contributed by atoms with Crippen molar-refractivity contribution in [3.63, 3.8) is 0 Å². The highest BCUT2D eigenvalue weighted by atomic mass is 16.5. The van der Waals surface area contributed by atoms with Crippen LogP contribution >= 0.6 is 0 Å². The van der Waals surface area contributed by atoms with E-state index in [2.05, 4.69) is 5.32 Å². The third-order valence-electron chi connectivity index (χ3n) is 7.62. The van der Waals surface area contributed by atoms with Crippen LogP contribution in [0.1, 0.15) is 48.3 Å². The van der Waals surface area contributed by atoms with Gasteiger partial charge in [-0.3, -0.25) is 9.59 Å². The monoisotopic (exact) mass is 556 g/mol. The number of hydrogen-bond acceptors (Lipinski definition) is 6. The molecule has 1 aliphatic carbocycles. The number of hydrogen-bond donors (Lipinski definition) is 2. The Morgan fingerprint density at radius 1 is 0.854 bits per heavy atom. The maximum atomic E-state index is 13.5. The number of ether oxygens (including phenoxy) is 2. The van der Waals surface area contributed by atoms with Gasteiger partial charge in [-0.2, -0.15) is 0 Å². The molecule has 2 N–H and O–H groups in total. The van der Waals surface area contributed by atoms with Crippen molar-refractivity contribution in [1.29, 1.82) is 0 Å². The molecule has 9 heteroatoms. The maximum absolute atomic E-state index is 13.5. The molecule has 3 aromatic carbocycles. The molecule has 0 spiro atoms. The minimum atomic E-state index is -1.34. The number of aliphatic carboxylic acids is 1. The highest BCUT2D eigenvalue weighted by Gasteiger charge is 2.38. The number of amides is 2. The Morgan fingerprint density at radius 3 is 2.15 bits per heavy atom. The van der Waals surface area contributed by atoms with Gasteiger partial charge in [-0.1, -0.05) is 78.9 Å². The summed E-state index contributed by atoms with van der Waals surface area (Å²) in [5.41, 5.74) is 5.01. The Bertz CT molecular complexity index is 1380. The molecule has 1 heterocycles. The molecule has 1 fully saturated rings. The van der Waals surface area contributed by atoms with Crippen LogP contribution in [0.3, 0.4) is 0 Å². The summed E-state index contributed by atoms with van der Waals surface area (Å²) in [4.78, 5) is 52.4. The summed E-state index contributed by atoms with van der Waals surface area (Å²) in [6.07, 6.45) is 0.274. The highest BCUT2D eigenvalue weighted by molar-refractivity contribution is 5.92. The summed E-state index contributed by atoms with van der Waals surface area (Å²) in [6, 6.07) is 22.6. The number of rotatable bonds is 9. The quantitative estimate of drug-likeness (QED) is 0.372. The lowest BCUT2D eigenvalue weighted by atomic mass is 9.98. The van der Waals surface area contributed by atoms with Crippen LogP contribution < -0.4 is 5.32 Å². The van der Waals surface area contributed by atoms with Crippen molar-refractivity contribution < 1.29 is 33.8 Å². The van der Waals surface area contributed by atoms with Gasteiger partial charge in [0.2, 0.25) is 5.91 Å². The van der Waals surface area contributed by atoms with E-state index in [4.69, 9.17) is 9.47 Å². The molecule has 3 aromatic rings. The second-order valence-corrected chi connectivity index (χ2v) is 10.3. The minimum Gasteiger partial charge on any atom is -0.480 e. The smallest absolute Gasteiger partial charge is 0.407 e. The first-order chi connectivity index (χ1) is 19.9. The average Bonchev–Trinajstić information content (AvgIpc) is 3.32. The van der Waals surface area contributed by atoms with Gasteiger partial charge in [0, 0.05) is 12.5 Å². The van der Waals surface area contributed by atoms with Crippen molar-refractivity contribution in [2.75, 3.05) is 13.2 Å². The Hall–Kier alpha value is -4.66. The Kier molecular flexibility index (Phi) is 8.62. The average molecular weight is 557 g/mol. The molecule has 5 rings (SSSR count). The normalized spacial score (nSPS) is 16.7. The van der Waals surface area contributed by atoms with Crippen LogP contribution in [0.15, 0.2) is 78.9 Å². The molecule has 2 aliphatic rings. The molecule has 0 bridgehead atoms. The van der Waals surface area contributed by atoms with Gasteiger partial charge in [0.25, 0.3) is 0 Å². The number of carboxylic acid groups (broad SMARTS) is 1. The molecule has 1 saturated heterocycles. The topological polar surface area (TPSA) is 122 Å². The number of carbonyl (C=O) groups is 4. The molecule has 0 aromatic heterocycles. The first kappa shape index (κ1) is 27.9. The predicted molar refractivity (Wildman–Crippen MR) is 150 cm³/mol. The number of benzene rings is 3. The van der Waals surface area contributed by atoms with Crippen LogP contribution in [0.4, 0.5) is 4.79 Å². The number of alkyl carbamates (subject to hydrolysis) is 1. The van der Waals surface area contributed by atoms with E-state index in [1.165, 1.54) is 4.90 Å². The maximum Gasteiger partial charge on any atom is 0.407 e. The van der Waals surface area contributed by atoms with E-state index in [1.54, 1.807) is 12.1 Å². The summed E-state index contributed by atoms with van der Waals surface area (Å²) in [5, 5.41) is 12.2. The summed E-state index contributed by atoms with van der Waals surface area (Å²) in [7, 11) is 0. The number of likely N-dealkylation sites (tertiary alicyclic amines) is 1. The molecule has 212 valence electrons. The fraction of sp³-hybridized carbons (Fsp3) is 0.312. The third-order valence-corrected chi connectivity index (χ3v) is 7.62. The molecule has 0 unspecified atom stereocenters. The lowest BCUT2D eigenvalue weighted by Crippen LogP contribution is -2.56. The first-order valence-corrected chi connectivity index (χ1v) is 13.8. The van der Waals surface area contributed by atoms with Gasteiger partial charge in [0.15, 0.2) is 0 Å². The summed E-state index contributed by atoms with van der Waals surface area (Å²) < 4.78 is 11.0. The van der Waals surface area contributed by atoms with Gasteiger partial charge in [-0.25, -0.2) is 9.59 Å². The molecule has 41 heavy (non-hydrogen) atoms. The largest absolute Gasteiger partial charge is 0.480 e. The molecule has 2 atom stereocenters. The zero-order chi connectivity index (χ0) is 28.8. The molecule has 0 saturated carbocycles. The van der Waals surface area contributed by atoms with Crippen molar-refractivity contribution >= 4 is 23.9 Å². The fourth-order valence-corrected chi connectivity index (χ4v) is 5.60. The van der Waals surface area contributed by atoms with E-state index < -0.39 is 42.4 Å². The number of fused-ring (bicyclic) bond motifs is 3. The van der Waals surface area contributed by atoms with Crippen molar-refractivity contribution in [1.82, 2.24) is 10.2 Å². The van der Waals surface area contributed by atoms with Crippen molar-refractivity contribution in [2.24, 2.45) is 0 Å². The van der Waals surface area contributed by atoms with Gasteiger partial charge in [0.05, 0.1) is 6.42 Å². The van der Waals surface area contributed by atoms with Crippen molar-refractivity contribution in [3.8, 4) is 11.1 Å². The van der Waals surface area contributed by atoms with Crippen LogP contribution in [0.5, 0.6) is 0 Å². The van der Waals surface area contributed by atoms with E-state index in [9.17, 15) is 24.3 Å². The van der Waals surface area contributed by atoms with Crippen molar-refractivity contribution in [3.05, 3.63) is 95.6 Å². The van der Waals surface area contributed by atoms with E-state index in [-0.39, 0.29) is 25.7 Å². The van der Waals surface area contributed by atoms with Crippen LogP contribution in [0, 0.1) is 0 Å². The number of esters is 1. The lowest BCUT2D eigenvalue weighted by Gasteiger charge is -2.35. The molecule has 9 nitrogen and oxygen atoms in total. The van der Waals surface area contributed by atoms with Gasteiger partial charge < -0.3 is 24.8 Å². The lowest BCUT2D eigenvalue weighted by molar-refractivity contribution is -0.154. The van der Waals surface area contributed by atoms with Gasteiger partial charge in [-0.15, -0.1) is 0 Å². The van der Waals surface area contributed by atoms with Crippen LogP contribution in [-0.4, -0.2) is 59.2 Å². The number of piperidine rings is 1. The Morgan fingerprint density at radius 2 is 1.49 bits per heavy atom. The molecule has 2 amide bonds. The number of nitrogens with one attached hydrogen (secondary N) is 1. The zero-order valence-corrected chi connectivity index (χ0v) is 22.5. The number of carbonyl (C=O) groups excluding carboxylic acids is 3. The third kappa shape index (κ3) is 6.40. The number of nitrogens with zero attached hydrogens (tertiary/aromatic N) is 1. The van der Waals surface area contributed by atoms with Crippen LogP contribution in [0.25, 0.3) is 11.1 Å². The van der Waals surface area contributed by atoms with E-state index >= 15 is 0 Å². The Labute approximate surface area is 238 Å². The molecular weight excluding hydrogens is 524 g/mol. The summed E-state index contributed by atoms with van der Waals surface area (Å²) >= 11 is 0. The highest BCUT2D eigenvalue weighted by Crippen LogP contribution is 2.44. The van der Waals surface area contributed by atoms with Crippen molar-refractivity contribution in [2.45, 2.75) is 50.3 Å². The van der Waals surface area contributed by atoms with E-state index in [1.807, 2.05) is 66.7 Å². The minimum absolute atomic E-state index is 0.00694. The van der Waals surface area contributed by atoms with Gasteiger partial charge >= 0.3 is 18.0 Å².